The topological polar surface area (TPSA) is 136 Å². The molecule has 116 valence electrons. The fraction of sp³-hybridized carbons (Fsp3) is 0.538. The molecule has 1 unspecified atom stereocenters. The van der Waals surface area contributed by atoms with Crippen LogP contribution in [0.3, 0.4) is 0 Å². The Labute approximate surface area is 124 Å². The first-order valence-electron chi connectivity index (χ1n) is 6.93. The lowest BCUT2D eigenvalue weighted by molar-refractivity contribution is -0.122. The monoisotopic (exact) mass is 305 g/mol. The molecule has 0 aromatic carbocycles. The van der Waals surface area contributed by atoms with Crippen LogP contribution in [0, 0.1) is 5.92 Å². The van der Waals surface area contributed by atoms with Gasteiger partial charge in [0.05, 0.1) is 12.2 Å². The SMILES string of the molecule is CC(=O)[C@@H]1C[C@@]12O[C@@H](n1cnc3c(N)ncnc31)[C@@H](O)C2O. The number of nitrogens with two attached hydrogens (primary N) is 1. The Bertz CT molecular complexity index is 777. The van der Waals surface area contributed by atoms with Crippen LogP contribution in [0.4, 0.5) is 5.82 Å². The number of imidazole rings is 1. The summed E-state index contributed by atoms with van der Waals surface area (Å²) in [5, 5.41) is 20.6. The number of aromatic nitrogens is 4. The summed E-state index contributed by atoms with van der Waals surface area (Å²) >= 11 is 0. The number of hydrogen-bond acceptors (Lipinski definition) is 8. The molecule has 22 heavy (non-hydrogen) atoms. The molecule has 0 bridgehead atoms. The summed E-state index contributed by atoms with van der Waals surface area (Å²) in [5.74, 6) is -0.231. The van der Waals surface area contributed by atoms with E-state index in [4.69, 9.17) is 10.5 Å². The van der Waals surface area contributed by atoms with Gasteiger partial charge in [-0.2, -0.15) is 0 Å². The number of nitrogens with zero attached hydrogens (tertiary/aromatic N) is 4. The average molecular weight is 305 g/mol. The lowest BCUT2D eigenvalue weighted by Gasteiger charge is -2.16. The second-order valence-corrected chi connectivity index (χ2v) is 5.85. The van der Waals surface area contributed by atoms with E-state index < -0.39 is 30.0 Å². The molecule has 1 aliphatic carbocycles. The molecule has 0 amide bonds. The minimum absolute atomic E-state index is 0.0611. The van der Waals surface area contributed by atoms with Crippen molar-refractivity contribution in [1.29, 1.82) is 0 Å². The van der Waals surface area contributed by atoms with E-state index in [1.807, 2.05) is 0 Å². The zero-order valence-electron chi connectivity index (χ0n) is 11.7. The van der Waals surface area contributed by atoms with Crippen molar-refractivity contribution < 1.29 is 19.7 Å². The second-order valence-electron chi connectivity index (χ2n) is 5.85. The predicted molar refractivity (Wildman–Crippen MR) is 73.4 cm³/mol. The predicted octanol–water partition coefficient (Wildman–Crippen LogP) is -0.993. The molecule has 4 rings (SSSR count). The van der Waals surface area contributed by atoms with Gasteiger partial charge in [0.2, 0.25) is 0 Å². The Kier molecular flexibility index (Phi) is 2.60. The van der Waals surface area contributed by atoms with Crippen LogP contribution in [0.25, 0.3) is 11.2 Å². The number of carbonyl (C=O) groups excluding carboxylic acids is 1. The Balaban J connectivity index is 1.74. The molecular weight excluding hydrogens is 290 g/mol. The molecule has 3 heterocycles. The summed E-state index contributed by atoms with van der Waals surface area (Å²) in [4.78, 5) is 23.6. The number of rotatable bonds is 2. The largest absolute Gasteiger partial charge is 0.387 e. The van der Waals surface area contributed by atoms with Gasteiger partial charge in [-0.05, 0) is 13.3 Å². The third-order valence-corrected chi connectivity index (χ3v) is 4.56. The maximum atomic E-state index is 11.5. The molecule has 2 aromatic heterocycles. The maximum Gasteiger partial charge on any atom is 0.167 e. The highest BCUT2D eigenvalue weighted by Gasteiger charge is 2.70. The molecule has 4 N–H and O–H groups in total. The van der Waals surface area contributed by atoms with Crippen molar-refractivity contribution in [1.82, 2.24) is 19.5 Å². The van der Waals surface area contributed by atoms with Crippen molar-refractivity contribution in [3.63, 3.8) is 0 Å². The van der Waals surface area contributed by atoms with Crippen molar-refractivity contribution in [3.05, 3.63) is 12.7 Å². The molecule has 0 radical (unpaired) electrons. The Morgan fingerprint density at radius 1 is 1.45 bits per heavy atom. The number of ether oxygens (including phenoxy) is 1. The molecule has 9 heteroatoms. The lowest BCUT2D eigenvalue weighted by Crippen LogP contribution is -2.34. The van der Waals surface area contributed by atoms with Gasteiger partial charge in [0.15, 0.2) is 17.7 Å². The van der Waals surface area contributed by atoms with Gasteiger partial charge in [-0.15, -0.1) is 0 Å². The maximum absolute atomic E-state index is 11.5. The molecule has 2 aliphatic rings. The van der Waals surface area contributed by atoms with E-state index in [0.29, 0.717) is 17.6 Å². The van der Waals surface area contributed by atoms with Crippen LogP contribution >= 0.6 is 0 Å². The van der Waals surface area contributed by atoms with Crippen LogP contribution < -0.4 is 5.73 Å². The Morgan fingerprint density at radius 2 is 2.23 bits per heavy atom. The van der Waals surface area contributed by atoms with Crippen LogP contribution in [-0.2, 0) is 9.53 Å². The molecule has 1 aliphatic heterocycles. The van der Waals surface area contributed by atoms with Crippen molar-refractivity contribution in [2.75, 3.05) is 5.73 Å². The van der Waals surface area contributed by atoms with Crippen LogP contribution in [-0.4, -0.2) is 53.3 Å². The van der Waals surface area contributed by atoms with Gasteiger partial charge in [-0.25, -0.2) is 15.0 Å². The third kappa shape index (κ3) is 1.58. The lowest BCUT2D eigenvalue weighted by atomic mass is 10.1. The summed E-state index contributed by atoms with van der Waals surface area (Å²) in [7, 11) is 0. The van der Waals surface area contributed by atoms with E-state index in [1.165, 1.54) is 24.1 Å². The first-order valence-corrected chi connectivity index (χ1v) is 6.93. The minimum Gasteiger partial charge on any atom is -0.387 e. The molecule has 2 aromatic rings. The summed E-state index contributed by atoms with van der Waals surface area (Å²) in [6.45, 7) is 1.45. The van der Waals surface area contributed by atoms with Gasteiger partial charge >= 0.3 is 0 Å². The molecular formula is C13H15N5O4. The zero-order valence-corrected chi connectivity index (χ0v) is 11.7. The molecule has 9 nitrogen and oxygen atoms in total. The zero-order chi connectivity index (χ0) is 15.6. The highest BCUT2D eigenvalue weighted by Crippen LogP contribution is 2.57. The molecule has 5 atom stereocenters. The van der Waals surface area contributed by atoms with Gasteiger partial charge in [0.25, 0.3) is 0 Å². The summed E-state index contributed by atoms with van der Waals surface area (Å²) in [5.41, 5.74) is 5.52. The van der Waals surface area contributed by atoms with Crippen molar-refractivity contribution in [3.8, 4) is 0 Å². The third-order valence-electron chi connectivity index (χ3n) is 4.56. The number of aliphatic hydroxyl groups excluding tert-OH is 2. The normalized spacial score (nSPS) is 37.0. The molecule has 2 fully saturated rings. The van der Waals surface area contributed by atoms with E-state index in [9.17, 15) is 15.0 Å². The number of anilines is 1. The van der Waals surface area contributed by atoms with Crippen molar-refractivity contribution >= 4 is 22.8 Å². The Hall–Kier alpha value is -2.10. The fourth-order valence-electron chi connectivity index (χ4n) is 3.29. The van der Waals surface area contributed by atoms with Gasteiger partial charge in [-0.1, -0.05) is 0 Å². The summed E-state index contributed by atoms with van der Waals surface area (Å²) in [6.07, 6.45) is -0.0696. The van der Waals surface area contributed by atoms with Gasteiger partial charge in [-0.3, -0.25) is 9.36 Å². The van der Waals surface area contributed by atoms with Crippen molar-refractivity contribution in [2.24, 2.45) is 5.92 Å². The smallest absolute Gasteiger partial charge is 0.167 e. The minimum atomic E-state index is -1.18. The fourth-order valence-corrected chi connectivity index (χ4v) is 3.29. The second kappa shape index (κ2) is 4.22. The number of hydrogen-bond donors (Lipinski definition) is 3. The van der Waals surface area contributed by atoms with Crippen LogP contribution in [0.15, 0.2) is 12.7 Å². The van der Waals surface area contributed by atoms with Crippen LogP contribution in [0.5, 0.6) is 0 Å². The first-order chi connectivity index (χ1) is 10.5. The number of fused-ring (bicyclic) bond motifs is 1. The summed E-state index contributed by atoms with van der Waals surface area (Å²) in [6, 6.07) is 0. The number of aliphatic hydroxyl groups is 2. The number of carbonyl (C=O) groups is 1. The quantitative estimate of drug-likeness (QED) is 0.643. The Morgan fingerprint density at radius 3 is 2.91 bits per heavy atom. The molecule has 1 spiro atoms. The average Bonchev–Trinajstić information content (AvgIpc) is 2.99. The van der Waals surface area contributed by atoms with E-state index in [1.54, 1.807) is 0 Å². The van der Waals surface area contributed by atoms with Gasteiger partial charge in [0, 0.05) is 0 Å². The summed E-state index contributed by atoms with van der Waals surface area (Å²) < 4.78 is 7.36. The number of ketones is 1. The standard InChI is InChI=1S/C13H15N5O4/c1-5(19)6-2-13(6)9(21)8(20)12(22-13)18-4-17-7-10(14)15-3-16-11(7)18/h3-4,6,8-9,12,20-21H,2H2,1H3,(H2,14,15,16)/t6-,8-,9?,12+,13+/m0/s1. The number of nitrogen functional groups attached to an aromatic ring is 1. The first kappa shape index (κ1) is 13.6. The van der Waals surface area contributed by atoms with Crippen molar-refractivity contribution in [2.45, 2.75) is 37.4 Å². The number of Topliss-reactive ketones (excluding diaryl/α,β-unsaturated/α-hetero) is 1. The van der Waals surface area contributed by atoms with Crippen LogP contribution in [0.2, 0.25) is 0 Å². The highest BCUT2D eigenvalue weighted by atomic mass is 16.6. The van der Waals surface area contributed by atoms with Gasteiger partial charge in [0.1, 0.15) is 35.4 Å². The van der Waals surface area contributed by atoms with Crippen LogP contribution in [0.1, 0.15) is 19.6 Å². The molecule has 1 saturated carbocycles. The van der Waals surface area contributed by atoms with E-state index in [2.05, 4.69) is 15.0 Å². The molecule has 1 saturated heterocycles. The van der Waals surface area contributed by atoms with Gasteiger partial charge < -0.3 is 20.7 Å². The highest BCUT2D eigenvalue weighted by molar-refractivity contribution is 5.83. The van der Waals surface area contributed by atoms with E-state index in [0.717, 1.165) is 0 Å². The van der Waals surface area contributed by atoms with E-state index >= 15 is 0 Å². The van der Waals surface area contributed by atoms with E-state index in [-0.39, 0.29) is 11.6 Å².